The SMILES string of the molecule is COc1ccc(-c2csc3nc(NC(=O)/C=C/c4ccco4)nn23)cc1. The van der Waals surface area contributed by atoms with Crippen molar-refractivity contribution in [3.05, 3.63) is 59.9 Å². The van der Waals surface area contributed by atoms with Crippen molar-refractivity contribution in [1.82, 2.24) is 14.6 Å². The maximum Gasteiger partial charge on any atom is 0.250 e. The van der Waals surface area contributed by atoms with Crippen molar-refractivity contribution in [2.45, 2.75) is 0 Å². The fraction of sp³-hybridized carbons (Fsp3) is 0.0556. The summed E-state index contributed by atoms with van der Waals surface area (Å²) in [5.74, 6) is 1.31. The zero-order valence-corrected chi connectivity index (χ0v) is 14.6. The normalized spacial score (nSPS) is 11.3. The van der Waals surface area contributed by atoms with E-state index < -0.39 is 0 Å². The van der Waals surface area contributed by atoms with E-state index in [0.717, 1.165) is 17.0 Å². The summed E-state index contributed by atoms with van der Waals surface area (Å²) >= 11 is 1.45. The highest BCUT2D eigenvalue weighted by Gasteiger charge is 2.12. The van der Waals surface area contributed by atoms with E-state index in [0.29, 0.717) is 10.7 Å². The number of anilines is 1. The van der Waals surface area contributed by atoms with Gasteiger partial charge in [0, 0.05) is 17.0 Å². The van der Waals surface area contributed by atoms with Crippen LogP contribution in [0.5, 0.6) is 5.75 Å². The summed E-state index contributed by atoms with van der Waals surface area (Å²) in [6.45, 7) is 0. The monoisotopic (exact) mass is 366 g/mol. The van der Waals surface area contributed by atoms with Crippen LogP contribution in [0.1, 0.15) is 5.76 Å². The molecule has 0 unspecified atom stereocenters. The first-order valence-electron chi connectivity index (χ1n) is 7.74. The van der Waals surface area contributed by atoms with Gasteiger partial charge in [-0.1, -0.05) is 0 Å². The van der Waals surface area contributed by atoms with Gasteiger partial charge in [0.05, 0.1) is 19.1 Å². The predicted octanol–water partition coefficient (Wildman–Crippen LogP) is 3.71. The number of fused-ring (bicyclic) bond motifs is 1. The molecule has 7 nitrogen and oxygen atoms in total. The third-order valence-corrected chi connectivity index (χ3v) is 4.46. The van der Waals surface area contributed by atoms with Crippen LogP contribution < -0.4 is 10.1 Å². The zero-order chi connectivity index (χ0) is 17.9. The number of methoxy groups -OCH3 is 1. The van der Waals surface area contributed by atoms with Crippen LogP contribution in [0, 0.1) is 0 Å². The van der Waals surface area contributed by atoms with Gasteiger partial charge in [0.25, 0.3) is 11.9 Å². The molecule has 3 aromatic heterocycles. The van der Waals surface area contributed by atoms with Gasteiger partial charge in [0.2, 0.25) is 4.96 Å². The molecule has 3 heterocycles. The Morgan fingerprint density at radius 2 is 2.15 bits per heavy atom. The van der Waals surface area contributed by atoms with Gasteiger partial charge in [-0.3, -0.25) is 10.1 Å². The number of ether oxygens (including phenoxy) is 1. The Balaban J connectivity index is 1.54. The Hall–Kier alpha value is -3.39. The minimum atomic E-state index is -0.328. The predicted molar refractivity (Wildman–Crippen MR) is 99.2 cm³/mol. The summed E-state index contributed by atoms with van der Waals surface area (Å²) in [6.07, 6.45) is 4.50. The fourth-order valence-electron chi connectivity index (χ4n) is 2.39. The molecule has 8 heteroatoms. The number of carbonyl (C=O) groups excluding carboxylic acids is 1. The van der Waals surface area contributed by atoms with Crippen molar-refractivity contribution in [2.24, 2.45) is 0 Å². The number of benzene rings is 1. The molecule has 0 atom stereocenters. The van der Waals surface area contributed by atoms with Gasteiger partial charge in [0.1, 0.15) is 11.5 Å². The minimum Gasteiger partial charge on any atom is -0.497 e. The average Bonchev–Trinajstić information content (AvgIpc) is 3.37. The third-order valence-electron chi connectivity index (χ3n) is 3.64. The standard InChI is InChI=1S/C18H14N4O3S/c1-24-13-6-4-12(5-7-13)15-11-26-18-20-17(21-22(15)18)19-16(23)9-8-14-3-2-10-25-14/h2-11H,1H3,(H,19,21,23)/b9-8+. The summed E-state index contributed by atoms with van der Waals surface area (Å²) in [5, 5.41) is 9.00. The van der Waals surface area contributed by atoms with Gasteiger partial charge < -0.3 is 9.15 Å². The Morgan fingerprint density at radius 1 is 1.31 bits per heavy atom. The molecule has 0 bridgehead atoms. The summed E-state index contributed by atoms with van der Waals surface area (Å²) < 4.78 is 12.0. The molecule has 0 spiro atoms. The number of rotatable bonds is 5. The molecular weight excluding hydrogens is 352 g/mol. The molecule has 26 heavy (non-hydrogen) atoms. The topological polar surface area (TPSA) is 81.7 Å². The number of furan rings is 1. The smallest absolute Gasteiger partial charge is 0.250 e. The minimum absolute atomic E-state index is 0.251. The highest BCUT2D eigenvalue weighted by Crippen LogP contribution is 2.27. The Morgan fingerprint density at radius 3 is 2.88 bits per heavy atom. The highest BCUT2D eigenvalue weighted by molar-refractivity contribution is 7.15. The summed E-state index contributed by atoms with van der Waals surface area (Å²) in [6, 6.07) is 11.2. The first-order valence-corrected chi connectivity index (χ1v) is 8.62. The van der Waals surface area contributed by atoms with E-state index >= 15 is 0 Å². The molecule has 0 radical (unpaired) electrons. The molecular formula is C18H14N4O3S. The second kappa shape index (κ2) is 6.85. The van der Waals surface area contributed by atoms with E-state index in [9.17, 15) is 4.79 Å². The van der Waals surface area contributed by atoms with Crippen LogP contribution in [0.3, 0.4) is 0 Å². The Bertz CT molecular complexity index is 1060. The van der Waals surface area contributed by atoms with Crippen molar-refractivity contribution in [1.29, 1.82) is 0 Å². The van der Waals surface area contributed by atoms with Crippen LogP contribution in [0.25, 0.3) is 22.3 Å². The first kappa shape index (κ1) is 16.1. The number of nitrogens with one attached hydrogen (secondary N) is 1. The lowest BCUT2D eigenvalue weighted by Crippen LogP contribution is -2.09. The van der Waals surface area contributed by atoms with E-state index in [4.69, 9.17) is 9.15 Å². The van der Waals surface area contributed by atoms with Gasteiger partial charge >= 0.3 is 0 Å². The van der Waals surface area contributed by atoms with Crippen LogP contribution in [-0.4, -0.2) is 27.6 Å². The largest absolute Gasteiger partial charge is 0.497 e. The van der Waals surface area contributed by atoms with Gasteiger partial charge in [0.15, 0.2) is 0 Å². The lowest BCUT2D eigenvalue weighted by molar-refractivity contribution is -0.111. The van der Waals surface area contributed by atoms with E-state index in [1.807, 2.05) is 29.6 Å². The molecule has 1 N–H and O–H groups in total. The second-order valence-corrected chi connectivity index (χ2v) is 6.15. The molecule has 0 saturated carbocycles. The molecule has 4 rings (SSSR count). The highest BCUT2D eigenvalue weighted by atomic mass is 32.1. The maximum absolute atomic E-state index is 12.0. The lowest BCUT2D eigenvalue weighted by atomic mass is 10.2. The molecule has 0 aliphatic carbocycles. The van der Waals surface area contributed by atoms with E-state index in [1.165, 1.54) is 17.4 Å². The summed E-state index contributed by atoms with van der Waals surface area (Å²) in [5.41, 5.74) is 1.88. The van der Waals surface area contributed by atoms with E-state index in [2.05, 4.69) is 15.4 Å². The number of nitrogens with zero attached hydrogens (tertiary/aromatic N) is 3. The quantitative estimate of drug-likeness (QED) is 0.545. The second-order valence-electron chi connectivity index (χ2n) is 5.32. The summed E-state index contributed by atoms with van der Waals surface area (Å²) in [7, 11) is 1.63. The van der Waals surface area contributed by atoms with Gasteiger partial charge in [-0.05, 0) is 42.5 Å². The van der Waals surface area contributed by atoms with Gasteiger partial charge in [-0.15, -0.1) is 16.4 Å². The third kappa shape index (κ3) is 3.22. The number of aromatic nitrogens is 3. The number of hydrogen-bond acceptors (Lipinski definition) is 6. The molecule has 0 saturated heterocycles. The van der Waals surface area contributed by atoms with Gasteiger partial charge in [-0.2, -0.15) is 4.98 Å². The molecule has 0 aliphatic rings. The van der Waals surface area contributed by atoms with Crippen LogP contribution in [0.2, 0.25) is 0 Å². The molecule has 0 aliphatic heterocycles. The number of carbonyl (C=O) groups is 1. The van der Waals surface area contributed by atoms with Crippen molar-refractivity contribution >= 4 is 34.2 Å². The van der Waals surface area contributed by atoms with Crippen LogP contribution in [0.4, 0.5) is 5.95 Å². The van der Waals surface area contributed by atoms with E-state index in [1.54, 1.807) is 36.1 Å². The van der Waals surface area contributed by atoms with Crippen molar-refractivity contribution in [3.8, 4) is 17.0 Å². The first-order chi connectivity index (χ1) is 12.7. The van der Waals surface area contributed by atoms with Crippen molar-refractivity contribution in [2.75, 3.05) is 12.4 Å². The van der Waals surface area contributed by atoms with Crippen LogP contribution >= 0.6 is 11.3 Å². The number of hydrogen-bond donors (Lipinski definition) is 1. The van der Waals surface area contributed by atoms with E-state index in [-0.39, 0.29) is 11.9 Å². The van der Waals surface area contributed by atoms with Gasteiger partial charge in [-0.25, -0.2) is 4.52 Å². The van der Waals surface area contributed by atoms with Crippen LogP contribution in [-0.2, 0) is 4.79 Å². The molecule has 1 aromatic carbocycles. The lowest BCUT2D eigenvalue weighted by Gasteiger charge is -2.01. The fourth-order valence-corrected chi connectivity index (χ4v) is 3.22. The summed E-state index contributed by atoms with van der Waals surface area (Å²) in [4.78, 5) is 17.0. The average molecular weight is 366 g/mol. The van der Waals surface area contributed by atoms with Crippen LogP contribution in [0.15, 0.2) is 58.5 Å². The zero-order valence-electron chi connectivity index (χ0n) is 13.7. The van der Waals surface area contributed by atoms with Crippen molar-refractivity contribution < 1.29 is 13.9 Å². The molecule has 1 amide bonds. The molecule has 4 aromatic rings. The maximum atomic E-state index is 12.0. The molecule has 0 fully saturated rings. The number of thiazole rings is 1. The Labute approximate surface area is 152 Å². The Kier molecular flexibility index (Phi) is 4.24. The number of amides is 1. The van der Waals surface area contributed by atoms with Crippen molar-refractivity contribution in [3.63, 3.8) is 0 Å². The molecule has 130 valence electrons.